The Kier molecular flexibility index (Phi) is 3.13. The van der Waals surface area contributed by atoms with Crippen molar-refractivity contribution in [3.8, 4) is 5.75 Å². The molecule has 2 N–H and O–H groups in total. The molecule has 1 aliphatic carbocycles. The number of rotatable bonds is 2. The molecule has 1 aliphatic rings. The molecule has 0 aliphatic heterocycles. The molecule has 0 spiro atoms. The van der Waals surface area contributed by atoms with E-state index < -0.39 is 0 Å². The van der Waals surface area contributed by atoms with E-state index in [2.05, 4.69) is 19.2 Å². The van der Waals surface area contributed by atoms with Crippen molar-refractivity contribution in [2.24, 2.45) is 0 Å². The normalized spacial score (nSPS) is 20.8. The third kappa shape index (κ3) is 2.13. The molecule has 104 valence electrons. The van der Waals surface area contributed by atoms with Crippen LogP contribution in [0.4, 0.5) is 10.1 Å². The lowest BCUT2D eigenvalue weighted by Crippen LogP contribution is -2.07. The topological polar surface area (TPSA) is 32.3 Å². The van der Waals surface area contributed by atoms with Crippen molar-refractivity contribution in [2.75, 3.05) is 5.32 Å². The SMILES string of the molecule is Cc1ccc(O)c2c1C(C)CC2Nc1cccc(F)c1. The lowest BCUT2D eigenvalue weighted by Gasteiger charge is -2.17. The Hall–Kier alpha value is -2.03. The van der Waals surface area contributed by atoms with E-state index in [0.29, 0.717) is 11.7 Å². The van der Waals surface area contributed by atoms with Crippen LogP contribution in [0, 0.1) is 12.7 Å². The number of aromatic hydroxyl groups is 1. The van der Waals surface area contributed by atoms with E-state index in [1.165, 1.54) is 23.3 Å². The van der Waals surface area contributed by atoms with Crippen LogP contribution in [0.1, 0.15) is 42.0 Å². The fourth-order valence-electron chi connectivity index (χ4n) is 3.25. The van der Waals surface area contributed by atoms with Gasteiger partial charge in [-0.05, 0) is 54.7 Å². The fraction of sp³-hybridized carbons (Fsp3) is 0.294. The number of hydrogen-bond acceptors (Lipinski definition) is 2. The Bertz CT molecular complexity index is 653. The van der Waals surface area contributed by atoms with Crippen LogP contribution in [0.3, 0.4) is 0 Å². The van der Waals surface area contributed by atoms with Crippen molar-refractivity contribution in [1.82, 2.24) is 0 Å². The van der Waals surface area contributed by atoms with Gasteiger partial charge in [0.2, 0.25) is 0 Å². The van der Waals surface area contributed by atoms with E-state index in [0.717, 1.165) is 17.7 Å². The first-order valence-corrected chi connectivity index (χ1v) is 6.90. The van der Waals surface area contributed by atoms with Gasteiger partial charge in [-0.2, -0.15) is 0 Å². The van der Waals surface area contributed by atoms with Crippen LogP contribution < -0.4 is 5.32 Å². The highest BCUT2D eigenvalue weighted by Crippen LogP contribution is 2.47. The molecule has 0 amide bonds. The standard InChI is InChI=1S/C17H18FNO/c1-10-6-7-15(20)17-14(8-11(2)16(10)17)19-13-5-3-4-12(18)9-13/h3-7,9,11,14,19-20H,8H2,1-2H3. The average Bonchev–Trinajstić information content (AvgIpc) is 2.72. The van der Waals surface area contributed by atoms with Crippen molar-refractivity contribution in [1.29, 1.82) is 0 Å². The number of benzene rings is 2. The third-order valence-electron chi connectivity index (χ3n) is 4.08. The molecule has 2 aromatic rings. The summed E-state index contributed by atoms with van der Waals surface area (Å²) in [5, 5.41) is 13.5. The van der Waals surface area contributed by atoms with Gasteiger partial charge in [-0.3, -0.25) is 0 Å². The zero-order chi connectivity index (χ0) is 14.3. The zero-order valence-electron chi connectivity index (χ0n) is 11.7. The summed E-state index contributed by atoms with van der Waals surface area (Å²) < 4.78 is 13.3. The van der Waals surface area contributed by atoms with Crippen LogP contribution in [-0.4, -0.2) is 5.11 Å². The maximum atomic E-state index is 13.3. The van der Waals surface area contributed by atoms with E-state index in [1.54, 1.807) is 12.1 Å². The predicted molar refractivity (Wildman–Crippen MR) is 78.6 cm³/mol. The summed E-state index contributed by atoms with van der Waals surface area (Å²) in [7, 11) is 0. The second-order valence-corrected chi connectivity index (χ2v) is 5.57. The minimum atomic E-state index is -0.255. The van der Waals surface area contributed by atoms with Crippen molar-refractivity contribution in [2.45, 2.75) is 32.2 Å². The third-order valence-corrected chi connectivity index (χ3v) is 4.08. The number of phenols is 1. The molecule has 2 aromatic carbocycles. The lowest BCUT2D eigenvalue weighted by molar-refractivity contribution is 0.465. The van der Waals surface area contributed by atoms with Gasteiger partial charge >= 0.3 is 0 Å². The summed E-state index contributed by atoms with van der Waals surface area (Å²) in [6, 6.07) is 10.2. The monoisotopic (exact) mass is 271 g/mol. The summed E-state index contributed by atoms with van der Waals surface area (Å²) in [6.45, 7) is 4.23. The summed E-state index contributed by atoms with van der Waals surface area (Å²) in [5.41, 5.74) is 4.13. The van der Waals surface area contributed by atoms with E-state index in [1.807, 2.05) is 12.1 Å². The predicted octanol–water partition coefficient (Wildman–Crippen LogP) is 4.50. The highest BCUT2D eigenvalue weighted by Gasteiger charge is 2.32. The van der Waals surface area contributed by atoms with Crippen LogP contribution in [0.15, 0.2) is 36.4 Å². The second-order valence-electron chi connectivity index (χ2n) is 5.57. The Morgan fingerprint density at radius 3 is 2.75 bits per heavy atom. The molecular weight excluding hydrogens is 253 g/mol. The number of halogens is 1. The second kappa shape index (κ2) is 4.82. The molecule has 0 radical (unpaired) electrons. The average molecular weight is 271 g/mol. The Morgan fingerprint density at radius 2 is 2.00 bits per heavy atom. The molecule has 20 heavy (non-hydrogen) atoms. The number of nitrogens with one attached hydrogen (secondary N) is 1. The molecule has 0 fully saturated rings. The van der Waals surface area contributed by atoms with Gasteiger partial charge in [0.15, 0.2) is 0 Å². The molecule has 2 atom stereocenters. The van der Waals surface area contributed by atoms with E-state index in [-0.39, 0.29) is 11.9 Å². The first-order chi connectivity index (χ1) is 9.56. The molecule has 0 bridgehead atoms. The van der Waals surface area contributed by atoms with Gasteiger partial charge < -0.3 is 10.4 Å². The highest BCUT2D eigenvalue weighted by molar-refractivity contribution is 5.55. The van der Waals surface area contributed by atoms with Crippen molar-refractivity contribution < 1.29 is 9.50 Å². The minimum absolute atomic E-state index is 0.0294. The molecule has 0 heterocycles. The summed E-state index contributed by atoms with van der Waals surface area (Å²) in [4.78, 5) is 0. The molecule has 2 nitrogen and oxygen atoms in total. The smallest absolute Gasteiger partial charge is 0.125 e. The first-order valence-electron chi connectivity index (χ1n) is 6.90. The Balaban J connectivity index is 1.97. The number of aryl methyl sites for hydroxylation is 1. The Morgan fingerprint density at radius 1 is 1.20 bits per heavy atom. The van der Waals surface area contributed by atoms with Crippen LogP contribution in [-0.2, 0) is 0 Å². The number of anilines is 1. The summed E-state index contributed by atoms with van der Waals surface area (Å²) >= 11 is 0. The molecule has 0 aromatic heterocycles. The van der Waals surface area contributed by atoms with Crippen LogP contribution in [0.2, 0.25) is 0 Å². The van der Waals surface area contributed by atoms with Crippen LogP contribution in [0.5, 0.6) is 5.75 Å². The zero-order valence-corrected chi connectivity index (χ0v) is 11.7. The van der Waals surface area contributed by atoms with Gasteiger partial charge in [-0.1, -0.05) is 19.1 Å². The number of fused-ring (bicyclic) bond motifs is 1. The molecule has 3 heteroatoms. The van der Waals surface area contributed by atoms with Gasteiger partial charge in [0.25, 0.3) is 0 Å². The maximum absolute atomic E-state index is 13.3. The first kappa shape index (κ1) is 13.0. The molecule has 3 rings (SSSR count). The van der Waals surface area contributed by atoms with E-state index >= 15 is 0 Å². The molecule has 2 unspecified atom stereocenters. The summed E-state index contributed by atoms with van der Waals surface area (Å²) in [5.74, 6) is 0.460. The largest absolute Gasteiger partial charge is 0.508 e. The Labute approximate surface area is 118 Å². The molecule has 0 saturated carbocycles. The van der Waals surface area contributed by atoms with E-state index in [9.17, 15) is 9.50 Å². The number of phenolic OH excluding ortho intramolecular Hbond substituents is 1. The molecular formula is C17H18FNO. The van der Waals surface area contributed by atoms with Gasteiger partial charge in [0.05, 0.1) is 6.04 Å². The van der Waals surface area contributed by atoms with Crippen LogP contribution >= 0.6 is 0 Å². The van der Waals surface area contributed by atoms with Gasteiger partial charge in [-0.25, -0.2) is 4.39 Å². The van der Waals surface area contributed by atoms with Gasteiger partial charge in [0, 0.05) is 11.3 Å². The lowest BCUT2D eigenvalue weighted by atomic mass is 9.97. The minimum Gasteiger partial charge on any atom is -0.508 e. The summed E-state index contributed by atoms with van der Waals surface area (Å²) in [6.07, 6.45) is 0.907. The van der Waals surface area contributed by atoms with Gasteiger partial charge in [-0.15, -0.1) is 0 Å². The van der Waals surface area contributed by atoms with Crippen molar-refractivity contribution in [3.05, 3.63) is 58.9 Å². The highest BCUT2D eigenvalue weighted by atomic mass is 19.1. The fourth-order valence-corrected chi connectivity index (χ4v) is 3.25. The quantitative estimate of drug-likeness (QED) is 0.842. The van der Waals surface area contributed by atoms with Crippen molar-refractivity contribution >= 4 is 5.69 Å². The van der Waals surface area contributed by atoms with Crippen molar-refractivity contribution in [3.63, 3.8) is 0 Å². The van der Waals surface area contributed by atoms with Crippen LogP contribution in [0.25, 0.3) is 0 Å². The maximum Gasteiger partial charge on any atom is 0.125 e. The number of hydrogen-bond donors (Lipinski definition) is 2. The molecule has 0 saturated heterocycles. The van der Waals surface area contributed by atoms with Gasteiger partial charge in [0.1, 0.15) is 11.6 Å². The van der Waals surface area contributed by atoms with E-state index in [4.69, 9.17) is 0 Å².